The van der Waals surface area contributed by atoms with E-state index in [-0.39, 0.29) is 10.9 Å². The second kappa shape index (κ2) is 8.78. The van der Waals surface area contributed by atoms with Crippen molar-refractivity contribution in [3.8, 4) is 11.3 Å². The lowest BCUT2D eigenvalue weighted by molar-refractivity contribution is 0.260. The van der Waals surface area contributed by atoms with E-state index in [4.69, 9.17) is 16.6 Å². The minimum Gasteiger partial charge on any atom is -0.350 e. The molecule has 0 amide bonds. The number of para-hydroxylation sites is 1. The van der Waals surface area contributed by atoms with E-state index < -0.39 is 10.0 Å². The van der Waals surface area contributed by atoms with Gasteiger partial charge in [0.15, 0.2) is 0 Å². The number of nitrogens with zero attached hydrogens (tertiary/aromatic N) is 4. The van der Waals surface area contributed by atoms with Gasteiger partial charge in [-0.1, -0.05) is 48.0 Å². The van der Waals surface area contributed by atoms with Gasteiger partial charge >= 0.3 is 0 Å². The third-order valence-electron chi connectivity index (χ3n) is 5.93. The van der Waals surface area contributed by atoms with E-state index in [0.29, 0.717) is 27.7 Å². The van der Waals surface area contributed by atoms with Gasteiger partial charge in [0.25, 0.3) is 10.0 Å². The molecule has 9 heteroatoms. The minimum atomic E-state index is -3.80. The van der Waals surface area contributed by atoms with Crippen molar-refractivity contribution in [2.45, 2.75) is 23.8 Å². The maximum atomic E-state index is 13.4. The summed E-state index contributed by atoms with van der Waals surface area (Å²) in [6.45, 7) is 2.00. The molecule has 0 bridgehead atoms. The topological polar surface area (TPSA) is 80.1 Å². The average Bonchev–Trinajstić information content (AvgIpc) is 3.21. The number of aromatic nitrogens is 3. The van der Waals surface area contributed by atoms with Gasteiger partial charge in [-0.25, -0.2) is 22.4 Å². The number of anilines is 1. The predicted octanol–water partition coefficient (Wildman–Crippen LogP) is 4.49. The van der Waals surface area contributed by atoms with Crippen LogP contribution in [0.3, 0.4) is 0 Å². The first kappa shape index (κ1) is 21.9. The Morgan fingerprint density at radius 3 is 2.64 bits per heavy atom. The van der Waals surface area contributed by atoms with E-state index >= 15 is 0 Å². The zero-order chi connectivity index (χ0) is 23.0. The highest BCUT2D eigenvalue weighted by Crippen LogP contribution is 2.35. The summed E-state index contributed by atoms with van der Waals surface area (Å²) >= 11 is 6.52. The molecule has 1 aliphatic heterocycles. The summed E-state index contributed by atoms with van der Waals surface area (Å²) in [6, 6.07) is 16.0. The Bertz CT molecular complexity index is 1410. The largest absolute Gasteiger partial charge is 0.350 e. The standard InChI is InChI=1S/C24H24ClN5O2S/c1-29-13-7-8-17(15-29)27-24-26-14-21(25)23(28-24)20-16-30(22-12-6-5-11-19(20)22)33(31,32)18-9-3-2-4-10-18/h2-6,9-12,14,16-17H,7-8,13,15H2,1H3,(H,26,27,28). The minimum absolute atomic E-state index is 0.217. The number of benzene rings is 2. The second-order valence-corrected chi connectivity index (χ2v) is 10.5. The van der Waals surface area contributed by atoms with Crippen LogP contribution in [-0.2, 0) is 10.0 Å². The molecule has 7 nitrogen and oxygen atoms in total. The number of rotatable bonds is 5. The molecule has 1 aliphatic rings. The Hall–Kier alpha value is -2.94. The summed E-state index contributed by atoms with van der Waals surface area (Å²) in [5, 5.41) is 4.53. The van der Waals surface area contributed by atoms with Crippen molar-refractivity contribution in [1.82, 2.24) is 18.8 Å². The van der Waals surface area contributed by atoms with Crippen LogP contribution in [0.15, 0.2) is 71.9 Å². The lowest BCUT2D eigenvalue weighted by Gasteiger charge is -2.30. The molecule has 2 aromatic carbocycles. The summed E-state index contributed by atoms with van der Waals surface area (Å²) in [7, 11) is -1.69. The van der Waals surface area contributed by atoms with Gasteiger partial charge in [-0.3, -0.25) is 0 Å². The Balaban J connectivity index is 1.60. The van der Waals surface area contributed by atoms with Crippen molar-refractivity contribution >= 4 is 38.5 Å². The molecule has 3 heterocycles. The molecule has 1 fully saturated rings. The Morgan fingerprint density at radius 2 is 1.85 bits per heavy atom. The number of nitrogens with one attached hydrogen (secondary N) is 1. The number of piperidine rings is 1. The van der Waals surface area contributed by atoms with E-state index in [0.717, 1.165) is 31.3 Å². The molecule has 33 heavy (non-hydrogen) atoms. The highest BCUT2D eigenvalue weighted by atomic mass is 35.5. The van der Waals surface area contributed by atoms with E-state index in [2.05, 4.69) is 22.2 Å². The van der Waals surface area contributed by atoms with Gasteiger partial charge in [0, 0.05) is 29.7 Å². The number of hydrogen-bond donors (Lipinski definition) is 1. The third kappa shape index (κ3) is 4.21. The van der Waals surface area contributed by atoms with Crippen LogP contribution in [0.5, 0.6) is 0 Å². The molecular weight excluding hydrogens is 458 g/mol. The predicted molar refractivity (Wildman–Crippen MR) is 131 cm³/mol. The fourth-order valence-corrected chi connectivity index (χ4v) is 5.92. The van der Waals surface area contributed by atoms with Crippen LogP contribution < -0.4 is 5.32 Å². The van der Waals surface area contributed by atoms with Crippen LogP contribution in [0.1, 0.15) is 12.8 Å². The van der Waals surface area contributed by atoms with Crippen molar-refractivity contribution in [2.75, 3.05) is 25.5 Å². The van der Waals surface area contributed by atoms with E-state index in [1.807, 2.05) is 18.2 Å². The molecule has 4 aromatic rings. The number of likely N-dealkylation sites (tertiary alicyclic amines) is 1. The van der Waals surface area contributed by atoms with Gasteiger partial charge in [0.1, 0.15) is 0 Å². The van der Waals surface area contributed by atoms with Gasteiger partial charge in [-0.05, 0) is 44.6 Å². The molecular formula is C24H24ClN5O2S. The normalized spacial score (nSPS) is 17.3. The third-order valence-corrected chi connectivity index (χ3v) is 7.90. The first-order chi connectivity index (χ1) is 15.9. The van der Waals surface area contributed by atoms with Crippen molar-refractivity contribution in [3.05, 3.63) is 72.0 Å². The molecule has 170 valence electrons. The van der Waals surface area contributed by atoms with Crippen LogP contribution in [0, 0.1) is 0 Å². The number of likely N-dealkylation sites (N-methyl/N-ethyl adjacent to an activating group) is 1. The maximum absolute atomic E-state index is 13.4. The zero-order valence-corrected chi connectivity index (χ0v) is 19.7. The van der Waals surface area contributed by atoms with Crippen LogP contribution in [0.4, 0.5) is 5.95 Å². The molecule has 1 atom stereocenters. The average molecular weight is 482 g/mol. The van der Waals surface area contributed by atoms with Gasteiger partial charge in [0.05, 0.1) is 27.3 Å². The van der Waals surface area contributed by atoms with Gasteiger partial charge in [-0.2, -0.15) is 0 Å². The molecule has 0 aliphatic carbocycles. The van der Waals surface area contributed by atoms with Crippen molar-refractivity contribution in [3.63, 3.8) is 0 Å². The zero-order valence-electron chi connectivity index (χ0n) is 18.1. The van der Waals surface area contributed by atoms with E-state index in [1.165, 1.54) is 3.97 Å². The number of fused-ring (bicyclic) bond motifs is 1. The molecule has 0 radical (unpaired) electrons. The Labute approximate surface area is 198 Å². The molecule has 1 unspecified atom stereocenters. The molecule has 0 spiro atoms. The van der Waals surface area contributed by atoms with Gasteiger partial charge in [0.2, 0.25) is 5.95 Å². The van der Waals surface area contributed by atoms with Gasteiger partial charge < -0.3 is 10.2 Å². The lowest BCUT2D eigenvalue weighted by Crippen LogP contribution is -2.40. The van der Waals surface area contributed by atoms with E-state index in [9.17, 15) is 8.42 Å². The monoisotopic (exact) mass is 481 g/mol. The molecule has 1 N–H and O–H groups in total. The van der Waals surface area contributed by atoms with Gasteiger partial charge in [-0.15, -0.1) is 0 Å². The number of halogens is 1. The first-order valence-electron chi connectivity index (χ1n) is 10.8. The first-order valence-corrected chi connectivity index (χ1v) is 12.6. The fourth-order valence-electron chi connectivity index (χ4n) is 4.34. The van der Waals surface area contributed by atoms with Crippen LogP contribution >= 0.6 is 11.6 Å². The SMILES string of the molecule is CN1CCCC(Nc2ncc(Cl)c(-c3cn(S(=O)(=O)c4ccccc4)c4ccccc34)n2)C1. The molecule has 1 saturated heterocycles. The maximum Gasteiger partial charge on any atom is 0.268 e. The quantitative estimate of drug-likeness (QED) is 0.452. The summed E-state index contributed by atoms with van der Waals surface area (Å²) < 4.78 is 28.1. The van der Waals surface area contributed by atoms with E-state index in [1.54, 1.807) is 48.8 Å². The highest BCUT2D eigenvalue weighted by molar-refractivity contribution is 7.90. The lowest BCUT2D eigenvalue weighted by atomic mass is 10.1. The van der Waals surface area contributed by atoms with Crippen LogP contribution in [-0.4, -0.2) is 53.4 Å². The summed E-state index contributed by atoms with van der Waals surface area (Å²) in [6.07, 6.45) is 5.32. The molecule has 0 saturated carbocycles. The van der Waals surface area contributed by atoms with Crippen LogP contribution in [0.2, 0.25) is 5.02 Å². The smallest absolute Gasteiger partial charge is 0.268 e. The van der Waals surface area contributed by atoms with Crippen molar-refractivity contribution in [2.24, 2.45) is 0 Å². The Morgan fingerprint density at radius 1 is 1.09 bits per heavy atom. The van der Waals surface area contributed by atoms with Crippen LogP contribution in [0.25, 0.3) is 22.2 Å². The summed E-state index contributed by atoms with van der Waals surface area (Å²) in [4.78, 5) is 11.6. The van der Waals surface area contributed by atoms with Crippen molar-refractivity contribution < 1.29 is 8.42 Å². The Kier molecular flexibility index (Phi) is 5.82. The molecule has 5 rings (SSSR count). The summed E-state index contributed by atoms with van der Waals surface area (Å²) in [5.74, 6) is 0.484. The fraction of sp³-hybridized carbons (Fsp3) is 0.250. The highest BCUT2D eigenvalue weighted by Gasteiger charge is 2.24. The summed E-state index contributed by atoms with van der Waals surface area (Å²) in [5.41, 5.74) is 1.70. The number of hydrogen-bond acceptors (Lipinski definition) is 6. The second-order valence-electron chi connectivity index (χ2n) is 8.31. The molecule has 2 aromatic heterocycles. The van der Waals surface area contributed by atoms with Crippen molar-refractivity contribution in [1.29, 1.82) is 0 Å².